The zero-order valence-electron chi connectivity index (χ0n) is 20.9. The second kappa shape index (κ2) is 10.5. The number of esters is 1. The lowest BCUT2D eigenvalue weighted by Crippen LogP contribution is -2.42. The number of fused-ring (bicyclic) bond motifs is 1. The molecule has 9 heteroatoms. The first kappa shape index (κ1) is 26.9. The van der Waals surface area contributed by atoms with Crippen LogP contribution in [-0.2, 0) is 23.8 Å². The molecule has 2 N–H and O–H groups in total. The Morgan fingerprint density at radius 1 is 1.29 bits per heavy atom. The number of ether oxygens (including phenoxy) is 3. The number of carbonyl (C=O) groups is 2. The monoisotopic (exact) mass is 495 g/mol. The number of epoxide rings is 1. The molecule has 0 saturated carbocycles. The van der Waals surface area contributed by atoms with Crippen LogP contribution in [0.3, 0.4) is 0 Å². The maximum atomic E-state index is 13.1. The molecule has 2 fully saturated rings. The van der Waals surface area contributed by atoms with Crippen LogP contribution in [0.5, 0.6) is 0 Å². The highest BCUT2D eigenvalue weighted by Crippen LogP contribution is 2.42. The average molecular weight is 496 g/mol. The first-order chi connectivity index (χ1) is 15.8. The van der Waals surface area contributed by atoms with Crippen molar-refractivity contribution < 1.29 is 34.0 Å². The maximum absolute atomic E-state index is 13.1. The van der Waals surface area contributed by atoms with Gasteiger partial charge in [-0.1, -0.05) is 20.8 Å². The van der Waals surface area contributed by atoms with E-state index in [1.54, 1.807) is 13.8 Å². The standard InChI is InChI=1S/C25H37NO7S/c1-14(10-18-13-34-17(4)26-18)19-12-25(30)21(33-25)7-8-31-16(3)9-15(2)23(29)24(5,6)20(27)11-22(28)32-19/h10,13,15-16,19-21,27,30H,7-9,11-12H2,1-6H3/b14-10+/t15-,16+,19+,20+,21+,25-/m0/s1. The van der Waals surface area contributed by atoms with E-state index in [2.05, 4.69) is 4.98 Å². The number of aryl methyl sites for hydroxylation is 1. The van der Waals surface area contributed by atoms with Gasteiger partial charge in [-0.3, -0.25) is 9.59 Å². The van der Waals surface area contributed by atoms with Gasteiger partial charge in [0.25, 0.3) is 0 Å². The molecule has 0 aromatic carbocycles. The molecule has 2 saturated heterocycles. The number of ketones is 1. The van der Waals surface area contributed by atoms with Gasteiger partial charge in [-0.25, -0.2) is 4.98 Å². The number of Topliss-reactive ketones (excluding diaryl/α,β-unsaturated/α-hetero) is 1. The van der Waals surface area contributed by atoms with Crippen LogP contribution >= 0.6 is 11.3 Å². The number of cyclic esters (lactones) is 1. The Morgan fingerprint density at radius 2 is 2.00 bits per heavy atom. The van der Waals surface area contributed by atoms with E-state index in [0.717, 1.165) is 10.7 Å². The Balaban J connectivity index is 1.84. The molecule has 8 nitrogen and oxygen atoms in total. The highest BCUT2D eigenvalue weighted by atomic mass is 32.1. The van der Waals surface area contributed by atoms with Crippen LogP contribution in [0.4, 0.5) is 0 Å². The number of thiazole rings is 1. The summed E-state index contributed by atoms with van der Waals surface area (Å²) in [7, 11) is 0. The zero-order valence-corrected chi connectivity index (χ0v) is 21.7. The van der Waals surface area contributed by atoms with Crippen molar-refractivity contribution in [3.63, 3.8) is 0 Å². The fourth-order valence-electron chi connectivity index (χ4n) is 4.48. The lowest BCUT2D eigenvalue weighted by molar-refractivity contribution is -0.155. The zero-order chi connectivity index (χ0) is 25.3. The predicted molar refractivity (Wildman–Crippen MR) is 128 cm³/mol. The first-order valence-corrected chi connectivity index (χ1v) is 12.7. The van der Waals surface area contributed by atoms with Gasteiger partial charge in [-0.05, 0) is 38.8 Å². The smallest absolute Gasteiger partial charge is 0.309 e. The molecule has 0 unspecified atom stereocenters. The van der Waals surface area contributed by atoms with Crippen molar-refractivity contribution in [2.24, 2.45) is 11.3 Å². The van der Waals surface area contributed by atoms with Gasteiger partial charge in [0, 0.05) is 30.7 Å². The van der Waals surface area contributed by atoms with Crippen molar-refractivity contribution in [2.45, 2.75) is 97.4 Å². The van der Waals surface area contributed by atoms with Crippen molar-refractivity contribution in [1.82, 2.24) is 4.98 Å². The minimum atomic E-state index is -1.41. The summed E-state index contributed by atoms with van der Waals surface area (Å²) in [6.07, 6.45) is -0.0565. The third kappa shape index (κ3) is 6.51. The number of aliphatic hydroxyl groups is 2. The summed E-state index contributed by atoms with van der Waals surface area (Å²) in [6, 6.07) is 0. The maximum Gasteiger partial charge on any atom is 0.309 e. The summed E-state index contributed by atoms with van der Waals surface area (Å²) in [5.41, 5.74) is 0.314. The van der Waals surface area contributed by atoms with Crippen molar-refractivity contribution in [3.8, 4) is 0 Å². The van der Waals surface area contributed by atoms with Crippen molar-refractivity contribution in [2.75, 3.05) is 6.61 Å². The first-order valence-electron chi connectivity index (χ1n) is 11.9. The molecule has 0 spiro atoms. The average Bonchev–Trinajstić information content (AvgIpc) is 3.18. The highest BCUT2D eigenvalue weighted by molar-refractivity contribution is 7.09. The van der Waals surface area contributed by atoms with E-state index in [9.17, 15) is 19.8 Å². The van der Waals surface area contributed by atoms with Gasteiger partial charge in [0.05, 0.1) is 34.7 Å². The van der Waals surface area contributed by atoms with Gasteiger partial charge in [0.15, 0.2) is 5.79 Å². The van der Waals surface area contributed by atoms with Crippen LogP contribution in [0.2, 0.25) is 0 Å². The highest BCUT2D eigenvalue weighted by Gasteiger charge is 2.56. The molecule has 0 bridgehead atoms. The Morgan fingerprint density at radius 3 is 2.65 bits per heavy atom. The summed E-state index contributed by atoms with van der Waals surface area (Å²) >= 11 is 1.51. The fourth-order valence-corrected chi connectivity index (χ4v) is 5.05. The molecule has 1 aromatic heterocycles. The van der Waals surface area contributed by atoms with Gasteiger partial charge < -0.3 is 24.4 Å². The molecule has 2 aliphatic rings. The lowest BCUT2D eigenvalue weighted by atomic mass is 9.75. The molecule has 0 aliphatic carbocycles. The van der Waals surface area contributed by atoms with E-state index < -0.39 is 35.5 Å². The number of hydrogen-bond donors (Lipinski definition) is 2. The number of aromatic nitrogens is 1. The van der Waals surface area contributed by atoms with E-state index in [1.165, 1.54) is 11.3 Å². The van der Waals surface area contributed by atoms with Gasteiger partial charge in [0.2, 0.25) is 0 Å². The summed E-state index contributed by atoms with van der Waals surface area (Å²) in [5, 5.41) is 24.5. The van der Waals surface area contributed by atoms with Crippen LogP contribution in [-0.4, -0.2) is 63.8 Å². The van der Waals surface area contributed by atoms with Crippen molar-refractivity contribution in [1.29, 1.82) is 0 Å². The Bertz CT molecular complexity index is 926. The molecule has 3 rings (SSSR count). The van der Waals surface area contributed by atoms with Crippen molar-refractivity contribution >= 4 is 29.2 Å². The normalized spacial score (nSPS) is 36.0. The minimum absolute atomic E-state index is 0.0554. The van der Waals surface area contributed by atoms with Crippen LogP contribution in [0, 0.1) is 18.3 Å². The molecule has 190 valence electrons. The summed E-state index contributed by atoms with van der Waals surface area (Å²) in [5.74, 6) is -2.53. The Kier molecular flexibility index (Phi) is 8.35. The van der Waals surface area contributed by atoms with Gasteiger partial charge in [-0.15, -0.1) is 11.3 Å². The number of aliphatic hydroxyl groups excluding tert-OH is 1. The second-order valence-electron chi connectivity index (χ2n) is 10.2. The fraction of sp³-hybridized carbons (Fsp3) is 0.720. The van der Waals surface area contributed by atoms with Gasteiger partial charge in [0.1, 0.15) is 18.0 Å². The molecule has 1 aromatic rings. The van der Waals surface area contributed by atoms with Crippen LogP contribution in [0.1, 0.15) is 71.0 Å². The molecule has 0 amide bonds. The van der Waals surface area contributed by atoms with E-state index in [1.807, 2.05) is 39.2 Å². The molecule has 0 radical (unpaired) electrons. The Hall–Kier alpha value is -1.65. The second-order valence-corrected chi connectivity index (χ2v) is 11.3. The minimum Gasteiger partial charge on any atom is -0.458 e. The molecule has 3 heterocycles. The summed E-state index contributed by atoms with van der Waals surface area (Å²) < 4.78 is 17.2. The van der Waals surface area contributed by atoms with E-state index in [0.29, 0.717) is 25.0 Å². The summed E-state index contributed by atoms with van der Waals surface area (Å²) in [4.78, 5) is 30.3. The Labute approximate surface area is 205 Å². The van der Waals surface area contributed by atoms with Gasteiger partial charge in [-0.2, -0.15) is 0 Å². The predicted octanol–water partition coefficient (Wildman–Crippen LogP) is 3.43. The van der Waals surface area contributed by atoms with Crippen LogP contribution < -0.4 is 0 Å². The third-order valence-corrected chi connectivity index (χ3v) is 7.60. The van der Waals surface area contributed by atoms with Crippen LogP contribution in [0.25, 0.3) is 6.08 Å². The van der Waals surface area contributed by atoms with E-state index >= 15 is 0 Å². The SMILES string of the molecule is C/C(=C\c1csc(C)n1)[C@H]1C[C@]2(O)O[C@@H]2CCO[C@H](C)C[C@H](C)C(=O)C(C)(C)[C@H](O)CC(=O)O1. The van der Waals surface area contributed by atoms with Crippen molar-refractivity contribution in [3.05, 3.63) is 21.7 Å². The number of carbonyl (C=O) groups excluding carboxylic acids is 2. The molecule has 6 atom stereocenters. The largest absolute Gasteiger partial charge is 0.458 e. The third-order valence-electron chi connectivity index (χ3n) is 6.81. The van der Waals surface area contributed by atoms with E-state index in [-0.39, 0.29) is 30.6 Å². The number of nitrogens with zero attached hydrogens (tertiary/aromatic N) is 1. The summed E-state index contributed by atoms with van der Waals surface area (Å²) in [6.45, 7) is 11.1. The quantitative estimate of drug-likeness (QED) is 0.473. The molecular weight excluding hydrogens is 458 g/mol. The van der Waals surface area contributed by atoms with Crippen LogP contribution in [0.15, 0.2) is 11.0 Å². The number of rotatable bonds is 2. The molecule has 34 heavy (non-hydrogen) atoms. The molecule has 2 aliphatic heterocycles. The van der Waals surface area contributed by atoms with E-state index in [4.69, 9.17) is 14.2 Å². The number of hydrogen-bond acceptors (Lipinski definition) is 9. The topological polar surface area (TPSA) is 118 Å². The van der Waals surface area contributed by atoms with Gasteiger partial charge >= 0.3 is 5.97 Å². The molecular formula is C25H37NO7S. The lowest BCUT2D eigenvalue weighted by Gasteiger charge is -2.32.